The van der Waals surface area contributed by atoms with Crippen LogP contribution in [0.4, 0.5) is 23.1 Å². The van der Waals surface area contributed by atoms with Gasteiger partial charge in [-0.05, 0) is 67.8 Å². The molecule has 8 nitrogen and oxygen atoms in total. The summed E-state index contributed by atoms with van der Waals surface area (Å²) in [7, 11) is 0. The molecule has 1 aromatic carbocycles. The van der Waals surface area contributed by atoms with Crippen LogP contribution in [0.15, 0.2) is 73.3 Å². The van der Waals surface area contributed by atoms with Gasteiger partial charge in [-0.1, -0.05) is 18.9 Å². The van der Waals surface area contributed by atoms with Gasteiger partial charge in [0.05, 0.1) is 5.69 Å². The van der Waals surface area contributed by atoms with E-state index in [9.17, 15) is 4.79 Å². The molecule has 0 spiro atoms. The maximum absolute atomic E-state index is 13.1. The number of hydrogen-bond acceptors (Lipinski definition) is 7. The number of nitrogens with zero attached hydrogens (tertiary/aromatic N) is 5. The predicted molar refractivity (Wildman–Crippen MR) is 143 cm³/mol. The zero-order valence-electron chi connectivity index (χ0n) is 20.3. The molecule has 4 aromatic rings. The van der Waals surface area contributed by atoms with Crippen LogP contribution in [0.2, 0.25) is 0 Å². The maximum Gasteiger partial charge on any atom is 0.255 e. The van der Waals surface area contributed by atoms with Gasteiger partial charge in [0.2, 0.25) is 5.95 Å². The van der Waals surface area contributed by atoms with Crippen LogP contribution in [-0.4, -0.2) is 38.9 Å². The number of nitrogens with one attached hydrogen (secondary N) is 2. The molecule has 3 aromatic heterocycles. The lowest BCUT2D eigenvalue weighted by Crippen LogP contribution is -2.25. The van der Waals surface area contributed by atoms with Gasteiger partial charge in [0.15, 0.2) is 0 Å². The van der Waals surface area contributed by atoms with Gasteiger partial charge in [-0.15, -0.1) is 0 Å². The van der Waals surface area contributed by atoms with Crippen LogP contribution in [0.5, 0.6) is 0 Å². The van der Waals surface area contributed by atoms with Gasteiger partial charge in [0.25, 0.3) is 5.91 Å². The van der Waals surface area contributed by atoms with E-state index in [1.165, 1.54) is 12.8 Å². The third kappa shape index (κ3) is 5.66. The van der Waals surface area contributed by atoms with Crippen LogP contribution in [-0.2, 0) is 0 Å². The number of carbonyl (C=O) groups excluding carboxylic acids is 1. The number of rotatable bonds is 6. The van der Waals surface area contributed by atoms with Crippen molar-refractivity contribution in [1.82, 2.24) is 19.9 Å². The van der Waals surface area contributed by atoms with Crippen molar-refractivity contribution in [2.24, 2.45) is 0 Å². The molecule has 1 fully saturated rings. The maximum atomic E-state index is 13.1. The van der Waals surface area contributed by atoms with Crippen molar-refractivity contribution in [1.29, 1.82) is 0 Å². The summed E-state index contributed by atoms with van der Waals surface area (Å²) in [4.78, 5) is 33.0. The Kier molecular flexibility index (Phi) is 7.12. The lowest BCUT2D eigenvalue weighted by Gasteiger charge is -2.21. The molecule has 0 bridgehead atoms. The third-order valence-electron chi connectivity index (χ3n) is 6.29. The first kappa shape index (κ1) is 23.4. The Morgan fingerprint density at radius 1 is 0.917 bits per heavy atom. The van der Waals surface area contributed by atoms with Crippen molar-refractivity contribution in [3.05, 3.63) is 84.4 Å². The summed E-state index contributed by atoms with van der Waals surface area (Å²) in [5.41, 5.74) is 4.79. The Morgan fingerprint density at radius 2 is 1.75 bits per heavy atom. The highest BCUT2D eigenvalue weighted by Crippen LogP contribution is 2.25. The summed E-state index contributed by atoms with van der Waals surface area (Å²) in [6.07, 6.45) is 11.7. The minimum atomic E-state index is -0.168. The van der Waals surface area contributed by atoms with E-state index < -0.39 is 0 Å². The number of aryl methyl sites for hydroxylation is 1. The van der Waals surface area contributed by atoms with Crippen LogP contribution in [0.25, 0.3) is 11.3 Å². The average molecular weight is 480 g/mol. The van der Waals surface area contributed by atoms with Crippen LogP contribution >= 0.6 is 0 Å². The highest BCUT2D eigenvalue weighted by Gasteiger charge is 2.14. The molecule has 0 radical (unpaired) electrons. The van der Waals surface area contributed by atoms with Crippen molar-refractivity contribution in [3.63, 3.8) is 0 Å². The molecule has 1 aliphatic rings. The number of benzene rings is 1. The van der Waals surface area contributed by atoms with Crippen LogP contribution in [0.1, 0.15) is 41.6 Å². The third-order valence-corrected chi connectivity index (χ3v) is 6.29. The lowest BCUT2D eigenvalue weighted by molar-refractivity contribution is 0.102. The van der Waals surface area contributed by atoms with Gasteiger partial charge < -0.3 is 15.5 Å². The Bertz CT molecular complexity index is 1330. The summed E-state index contributed by atoms with van der Waals surface area (Å²) < 4.78 is 0. The zero-order valence-corrected chi connectivity index (χ0v) is 20.3. The monoisotopic (exact) mass is 479 g/mol. The van der Waals surface area contributed by atoms with Crippen LogP contribution < -0.4 is 15.5 Å². The fraction of sp³-hybridized carbons (Fsp3) is 0.250. The molecule has 1 aliphatic heterocycles. The summed E-state index contributed by atoms with van der Waals surface area (Å²) in [6, 6.07) is 15.1. The minimum absolute atomic E-state index is 0.168. The standard InChI is InChI=1S/C28H29N7O/c1-20-8-9-23(18-25(20)34-28-31-14-11-24(33-28)22-7-6-12-29-19-22)32-27(36)21-10-13-30-26(17-21)35-15-4-2-3-5-16-35/h6-14,17-19H,2-5,15-16H2,1H3,(H,32,36)(H,31,33,34). The molecule has 8 heteroatoms. The molecule has 36 heavy (non-hydrogen) atoms. The molecule has 2 N–H and O–H groups in total. The van der Waals surface area contributed by atoms with E-state index in [1.54, 1.807) is 30.9 Å². The van der Waals surface area contributed by atoms with E-state index in [-0.39, 0.29) is 5.91 Å². The van der Waals surface area contributed by atoms with E-state index in [1.807, 2.05) is 49.4 Å². The van der Waals surface area contributed by atoms with Gasteiger partial charge >= 0.3 is 0 Å². The SMILES string of the molecule is Cc1ccc(NC(=O)c2ccnc(N3CCCCCC3)c2)cc1Nc1nccc(-c2cccnc2)n1. The van der Waals surface area contributed by atoms with Crippen LogP contribution in [0.3, 0.4) is 0 Å². The lowest BCUT2D eigenvalue weighted by atomic mass is 10.1. The first-order valence-corrected chi connectivity index (χ1v) is 12.3. The first-order valence-electron chi connectivity index (χ1n) is 12.3. The zero-order chi connectivity index (χ0) is 24.7. The fourth-order valence-corrected chi connectivity index (χ4v) is 4.28. The smallest absolute Gasteiger partial charge is 0.255 e. The Balaban J connectivity index is 1.31. The highest BCUT2D eigenvalue weighted by molar-refractivity contribution is 6.05. The fourth-order valence-electron chi connectivity index (χ4n) is 4.28. The second kappa shape index (κ2) is 10.9. The largest absolute Gasteiger partial charge is 0.357 e. The topological polar surface area (TPSA) is 95.9 Å². The van der Waals surface area contributed by atoms with Crippen molar-refractivity contribution in [2.75, 3.05) is 28.6 Å². The molecule has 0 aliphatic carbocycles. The van der Waals surface area contributed by atoms with E-state index >= 15 is 0 Å². The van der Waals surface area contributed by atoms with Crippen LogP contribution in [0, 0.1) is 6.92 Å². The number of carbonyl (C=O) groups is 1. The average Bonchev–Trinajstić information content (AvgIpc) is 3.21. The van der Waals surface area contributed by atoms with Crippen molar-refractivity contribution >= 4 is 29.0 Å². The van der Waals surface area contributed by atoms with Crippen molar-refractivity contribution < 1.29 is 4.79 Å². The quantitative estimate of drug-likeness (QED) is 0.371. The van der Waals surface area contributed by atoms with Gasteiger partial charge in [0.1, 0.15) is 5.82 Å². The van der Waals surface area contributed by atoms with E-state index in [4.69, 9.17) is 0 Å². The predicted octanol–water partition coefficient (Wildman–Crippen LogP) is 5.62. The first-order chi connectivity index (χ1) is 17.7. The molecule has 0 atom stereocenters. The highest BCUT2D eigenvalue weighted by atomic mass is 16.1. The summed E-state index contributed by atoms with van der Waals surface area (Å²) in [5, 5.41) is 6.30. The number of hydrogen-bond donors (Lipinski definition) is 2. The van der Waals surface area contributed by atoms with Gasteiger partial charge in [-0.25, -0.2) is 15.0 Å². The molecular formula is C28H29N7O. The second-order valence-corrected chi connectivity index (χ2v) is 8.92. The van der Waals surface area contributed by atoms with Crippen molar-refractivity contribution in [2.45, 2.75) is 32.6 Å². The molecule has 0 unspecified atom stereocenters. The Labute approximate surface area is 210 Å². The summed E-state index contributed by atoms with van der Waals surface area (Å²) >= 11 is 0. The van der Waals surface area contributed by atoms with E-state index in [0.29, 0.717) is 17.2 Å². The Morgan fingerprint density at radius 3 is 2.56 bits per heavy atom. The number of aromatic nitrogens is 4. The number of anilines is 4. The van der Waals surface area contributed by atoms with Gasteiger partial charge in [-0.2, -0.15) is 0 Å². The number of pyridine rings is 2. The van der Waals surface area contributed by atoms with E-state index in [2.05, 4.69) is 35.5 Å². The molecule has 0 saturated carbocycles. The van der Waals surface area contributed by atoms with E-state index in [0.717, 1.165) is 54.3 Å². The molecular weight excluding hydrogens is 450 g/mol. The van der Waals surface area contributed by atoms with Gasteiger partial charge in [0, 0.05) is 60.4 Å². The van der Waals surface area contributed by atoms with Gasteiger partial charge in [-0.3, -0.25) is 9.78 Å². The normalized spacial score (nSPS) is 13.6. The molecule has 5 rings (SSSR count). The molecule has 1 saturated heterocycles. The summed E-state index contributed by atoms with van der Waals surface area (Å²) in [5.74, 6) is 1.17. The molecule has 4 heterocycles. The molecule has 182 valence electrons. The minimum Gasteiger partial charge on any atom is -0.357 e. The van der Waals surface area contributed by atoms with Crippen molar-refractivity contribution in [3.8, 4) is 11.3 Å². The Hall–Kier alpha value is -4.33. The number of amides is 1. The molecule has 1 amide bonds. The second-order valence-electron chi connectivity index (χ2n) is 8.92. The summed E-state index contributed by atoms with van der Waals surface area (Å²) in [6.45, 7) is 3.96.